The first-order valence-electron chi connectivity index (χ1n) is 40.3. The van der Waals surface area contributed by atoms with Crippen molar-refractivity contribution in [2.24, 2.45) is 0 Å². The van der Waals surface area contributed by atoms with Crippen molar-refractivity contribution in [1.82, 2.24) is 21.3 Å². The Labute approximate surface area is 672 Å². The smallest absolute Gasteiger partial charge is 0.364 e. The van der Waals surface area contributed by atoms with Gasteiger partial charge in [0.1, 0.15) is 104 Å². The van der Waals surface area contributed by atoms with Crippen molar-refractivity contribution in [3.63, 3.8) is 0 Å². The summed E-state index contributed by atoms with van der Waals surface area (Å²) in [5, 5.41) is 234. The van der Waals surface area contributed by atoms with Crippen LogP contribution in [0.2, 0.25) is 0 Å². The number of aliphatic hydroxyl groups is 17. The second-order valence-electron chi connectivity index (χ2n) is 30.7. The van der Waals surface area contributed by atoms with Crippen LogP contribution in [0.4, 0.5) is 0 Å². The quantitative estimate of drug-likeness (QED) is 0.0201. The lowest BCUT2D eigenvalue weighted by molar-refractivity contribution is -0.388. The van der Waals surface area contributed by atoms with Crippen LogP contribution in [-0.4, -0.2) is 366 Å². The topological polar surface area (TPSA) is 665 Å². The molecule has 3 unspecified atom stereocenters. The van der Waals surface area contributed by atoms with Crippen LogP contribution < -0.4 is 21.3 Å². The summed E-state index contributed by atoms with van der Waals surface area (Å²) in [7, 11) is 0. The van der Waals surface area contributed by atoms with Crippen LogP contribution in [-0.2, 0) is 80.9 Å². The highest BCUT2D eigenvalue weighted by molar-refractivity contribution is 5.79. The van der Waals surface area contributed by atoms with E-state index >= 15 is 0 Å². The minimum absolute atomic E-state index is 0.120. The van der Waals surface area contributed by atoms with Gasteiger partial charge in [-0.3, -0.25) is 19.2 Å². The second kappa shape index (κ2) is 49.8. The highest BCUT2D eigenvalue weighted by Crippen LogP contribution is 2.43. The molecule has 672 valence electrons. The molecule has 116 heavy (non-hydrogen) atoms. The molecule has 5 saturated heterocycles. The van der Waals surface area contributed by atoms with Gasteiger partial charge in [-0.05, 0) is 19.3 Å². The number of unbranched alkanes of at least 4 members (excludes halogenated alkanes) is 19. The first kappa shape index (κ1) is 102. The molecule has 0 aliphatic carbocycles. The molecule has 41 nitrogen and oxygen atoms in total. The van der Waals surface area contributed by atoms with Crippen molar-refractivity contribution >= 4 is 41.5 Å². The van der Waals surface area contributed by atoms with E-state index in [1.54, 1.807) is 6.08 Å². The number of carboxylic acids is 3. The molecule has 5 aliphatic rings. The summed E-state index contributed by atoms with van der Waals surface area (Å²) in [4.78, 5) is 91.9. The molecule has 0 bridgehead atoms. The average molecular weight is 1680 g/mol. The summed E-state index contributed by atoms with van der Waals surface area (Å²) < 4.78 is 58.0. The van der Waals surface area contributed by atoms with Crippen LogP contribution in [0, 0.1) is 0 Å². The SMILES string of the molecule is CCCCCCCCCCCCCC=C[C@@H](O)[C@H](CO[C@@H]1O[C@H](CO)[C@@H](O[C@@H]2O[C@H](CO)[C@H](O)[C@H](O[C@]3(C(=O)O)C[C@H](O)[C@@H](NC(C)=O)C([C@H](O)[C@@H](CO)O[C@]4(C(=O)O)C[C@H](O)[C@@H](NC(C)=O)C([C@H](O)[C@@H](CO)O[C@]5(C(=O)O)C[C@H](O)[C@@H](NC(C)=O)C([C@H](O)[C@H](O)CO)O5)O4)O3)[C@H]2O)[C@H](O)[C@H]1O)NC(=O)CCCCCCCCCCC. The summed E-state index contributed by atoms with van der Waals surface area (Å²) >= 11 is 0. The van der Waals surface area contributed by atoms with Crippen molar-refractivity contribution in [1.29, 1.82) is 0 Å². The number of hydrogen-bond acceptors (Lipinski definition) is 34. The van der Waals surface area contributed by atoms with E-state index in [4.69, 9.17) is 47.4 Å². The van der Waals surface area contributed by atoms with Crippen molar-refractivity contribution in [3.8, 4) is 0 Å². The van der Waals surface area contributed by atoms with Crippen LogP contribution >= 0.6 is 0 Å². The molecule has 0 aromatic heterocycles. The first-order valence-corrected chi connectivity index (χ1v) is 40.3. The molecule has 0 radical (unpaired) electrons. The van der Waals surface area contributed by atoms with Gasteiger partial charge in [0.05, 0.1) is 88.2 Å². The monoisotopic (exact) mass is 1680 g/mol. The molecule has 0 aromatic rings. The number of allylic oxidation sites excluding steroid dienone is 1. The summed E-state index contributed by atoms with van der Waals surface area (Å²) in [5.41, 5.74) is 0. The highest BCUT2D eigenvalue weighted by atomic mass is 16.8. The van der Waals surface area contributed by atoms with Crippen molar-refractivity contribution < 1.29 is 183 Å². The molecule has 30 atom stereocenters. The Bertz CT molecular complexity index is 2990. The summed E-state index contributed by atoms with van der Waals surface area (Å²) in [6.07, 6.45) is -30.4. The molecule has 24 N–H and O–H groups in total. The number of aliphatic carboxylic acids is 3. The van der Waals surface area contributed by atoms with E-state index in [0.29, 0.717) is 12.8 Å². The molecule has 0 saturated carbocycles. The fourth-order valence-electron chi connectivity index (χ4n) is 15.1. The predicted molar refractivity (Wildman–Crippen MR) is 397 cm³/mol. The maximum atomic E-state index is 13.8. The third kappa shape index (κ3) is 28.5. The molecule has 5 heterocycles. The lowest BCUT2D eigenvalue weighted by Crippen LogP contribution is -2.72. The third-order valence-corrected chi connectivity index (χ3v) is 21.5. The lowest BCUT2D eigenvalue weighted by Gasteiger charge is -2.51. The number of amides is 4. The fraction of sp³-hybridized carbons (Fsp3) is 0.880. The number of carbonyl (C=O) groups excluding carboxylic acids is 4. The molecule has 41 heteroatoms. The Morgan fingerprint density at radius 3 is 1.27 bits per heavy atom. The zero-order valence-electron chi connectivity index (χ0n) is 66.5. The van der Waals surface area contributed by atoms with Gasteiger partial charge in [0.25, 0.3) is 17.4 Å². The molecule has 4 amide bonds. The Morgan fingerprint density at radius 2 is 0.862 bits per heavy atom. The van der Waals surface area contributed by atoms with Crippen molar-refractivity contribution in [2.75, 3.05) is 39.6 Å². The maximum Gasteiger partial charge on any atom is 0.364 e. The van der Waals surface area contributed by atoms with Gasteiger partial charge in [0, 0.05) is 46.5 Å². The third-order valence-electron chi connectivity index (χ3n) is 21.5. The van der Waals surface area contributed by atoms with E-state index < -0.39 is 283 Å². The summed E-state index contributed by atoms with van der Waals surface area (Å²) in [5.74, 6) is -20.6. The second-order valence-corrected chi connectivity index (χ2v) is 30.7. The van der Waals surface area contributed by atoms with Gasteiger partial charge in [-0.1, -0.05) is 142 Å². The highest BCUT2D eigenvalue weighted by Gasteiger charge is 2.64. The maximum absolute atomic E-state index is 13.8. The standard InChI is InChI=1S/C75H130N4O37/c1-6-8-10-12-14-16-17-18-19-21-22-24-26-28-43(88)42(79-52(93)29-27-25-23-20-15-13-11-9-7-2)38-107-68-61(99)60(98)63(51(37-84)109-68)110-69-62(100)67(57(95)48(34-81)108-69)116-75(72(105)106)32-46(91)55(78-41(5)87)66(115-75)59(97)50(36-83)112-74(71(103)104)31-45(90)54(77-40(4)86)65(114-74)58(96)49(35-82)111-73(70(101)102)30-44(89)53(76-39(3)85)64(113-73)56(94)47(92)33-80/h26,28,42-51,53-69,80-84,88-92,94-100H,6-25,27,29-38H2,1-5H3,(H,76,85)(H,77,86)(H,78,87)(H,79,93)(H,101,102)(H,103,104)(H,105,106)/t42-,43+,44-,45-,46-,47+,48+,49+,50+,51+,53+,54+,55+,56+,57-,58+,59+,60+,61+,62+,63+,64?,65?,66?,67-,68+,69-,73+,74+,75-/m0/s1. The van der Waals surface area contributed by atoms with E-state index in [1.165, 1.54) is 51.0 Å². The first-order chi connectivity index (χ1) is 55.0. The van der Waals surface area contributed by atoms with Crippen molar-refractivity contribution in [3.05, 3.63) is 12.2 Å². The Hall–Kier alpha value is -5.05. The number of rotatable bonds is 53. The summed E-state index contributed by atoms with van der Waals surface area (Å²) in [6, 6.07) is -7.02. The van der Waals surface area contributed by atoms with Crippen LogP contribution in [0.15, 0.2) is 12.2 Å². The Balaban J connectivity index is 1.39. The lowest BCUT2D eigenvalue weighted by atomic mass is 9.86. The zero-order chi connectivity index (χ0) is 86.4. The van der Waals surface area contributed by atoms with Gasteiger partial charge in [-0.25, -0.2) is 14.4 Å². The predicted octanol–water partition coefficient (Wildman–Crippen LogP) is -4.83. The number of aliphatic hydroxyl groups excluding tert-OH is 17. The van der Waals surface area contributed by atoms with Gasteiger partial charge in [-0.15, -0.1) is 0 Å². The Morgan fingerprint density at radius 1 is 0.466 bits per heavy atom. The minimum Gasteiger partial charge on any atom is -0.477 e. The largest absolute Gasteiger partial charge is 0.477 e. The molecule has 0 spiro atoms. The minimum atomic E-state index is -3.57. The number of carbonyl (C=O) groups is 7. The van der Waals surface area contributed by atoms with E-state index in [0.717, 1.165) is 97.8 Å². The molecule has 0 aromatic carbocycles. The van der Waals surface area contributed by atoms with Gasteiger partial charge in [0.15, 0.2) is 12.6 Å². The van der Waals surface area contributed by atoms with E-state index in [9.17, 15) is 136 Å². The van der Waals surface area contributed by atoms with Crippen LogP contribution in [0.3, 0.4) is 0 Å². The average Bonchev–Trinajstić information content (AvgIpc) is 0.752. The number of ether oxygens (including phenoxy) is 10. The number of hydrogen-bond donors (Lipinski definition) is 24. The van der Waals surface area contributed by atoms with Crippen molar-refractivity contribution in [2.45, 2.75) is 377 Å². The molecule has 5 fully saturated rings. The zero-order valence-corrected chi connectivity index (χ0v) is 66.5. The molecular formula is C75H130N4O37. The van der Waals surface area contributed by atoms with Crippen LogP contribution in [0.5, 0.6) is 0 Å². The van der Waals surface area contributed by atoms with Gasteiger partial charge >= 0.3 is 17.9 Å². The van der Waals surface area contributed by atoms with Crippen LogP contribution in [0.25, 0.3) is 0 Å². The van der Waals surface area contributed by atoms with Gasteiger partial charge in [-0.2, -0.15) is 0 Å². The number of nitrogens with one attached hydrogen (secondary N) is 4. The van der Waals surface area contributed by atoms with E-state index in [1.807, 2.05) is 0 Å². The normalized spacial score (nSPS) is 33.8. The molecular weight excluding hydrogens is 1550 g/mol. The Kier molecular flexibility index (Phi) is 43.5. The van der Waals surface area contributed by atoms with Gasteiger partial charge in [0.2, 0.25) is 23.6 Å². The summed E-state index contributed by atoms with van der Waals surface area (Å²) in [6.45, 7) is -0.161. The van der Waals surface area contributed by atoms with Gasteiger partial charge < -0.3 is 171 Å². The number of carboxylic acid groups (broad SMARTS) is 3. The molecule has 5 rings (SSSR count). The van der Waals surface area contributed by atoms with E-state index in [-0.39, 0.29) is 6.42 Å². The van der Waals surface area contributed by atoms with E-state index in [2.05, 4.69) is 35.1 Å². The fourth-order valence-corrected chi connectivity index (χ4v) is 15.1. The molecule has 5 aliphatic heterocycles. The van der Waals surface area contributed by atoms with Crippen LogP contribution in [0.1, 0.15) is 195 Å².